The van der Waals surface area contributed by atoms with E-state index in [0.717, 1.165) is 22.6 Å². The number of nitriles is 1. The van der Waals surface area contributed by atoms with Gasteiger partial charge in [0.05, 0.1) is 18.7 Å². The van der Waals surface area contributed by atoms with Gasteiger partial charge in [-0.15, -0.1) is 0 Å². The predicted octanol–water partition coefficient (Wildman–Crippen LogP) is 3.28. The second-order valence-electron chi connectivity index (χ2n) is 3.86. The summed E-state index contributed by atoms with van der Waals surface area (Å²) in [5, 5.41) is 12.1. The van der Waals surface area contributed by atoms with Crippen molar-refractivity contribution in [2.24, 2.45) is 0 Å². The number of anilines is 1. The first kappa shape index (κ1) is 12.0. The van der Waals surface area contributed by atoms with E-state index < -0.39 is 0 Å². The van der Waals surface area contributed by atoms with Crippen molar-refractivity contribution in [2.45, 2.75) is 0 Å². The van der Waals surface area contributed by atoms with Crippen LogP contribution >= 0.6 is 0 Å². The van der Waals surface area contributed by atoms with Gasteiger partial charge in [-0.1, -0.05) is 12.1 Å². The molecule has 1 N–H and O–H groups in total. The van der Waals surface area contributed by atoms with Gasteiger partial charge in [-0.25, -0.2) is 0 Å². The van der Waals surface area contributed by atoms with Crippen LogP contribution in [-0.4, -0.2) is 14.2 Å². The number of benzene rings is 2. The Bertz CT molecular complexity index is 600. The van der Waals surface area contributed by atoms with E-state index in [1.807, 2.05) is 43.4 Å². The minimum absolute atomic E-state index is 0.626. The van der Waals surface area contributed by atoms with Gasteiger partial charge in [0.15, 0.2) is 0 Å². The van der Waals surface area contributed by atoms with Crippen molar-refractivity contribution in [3.05, 3.63) is 48.0 Å². The first-order valence-electron chi connectivity index (χ1n) is 5.65. The van der Waals surface area contributed by atoms with E-state index in [1.165, 1.54) is 0 Å². The number of methoxy groups -OCH3 is 1. The second kappa shape index (κ2) is 5.24. The molecule has 0 atom stereocenters. The zero-order valence-electron chi connectivity index (χ0n) is 10.4. The summed E-state index contributed by atoms with van der Waals surface area (Å²) in [6.07, 6.45) is 0. The fourth-order valence-electron chi connectivity index (χ4n) is 1.85. The molecule has 0 aliphatic rings. The van der Waals surface area contributed by atoms with E-state index in [-0.39, 0.29) is 0 Å². The van der Waals surface area contributed by atoms with Crippen LogP contribution in [0.5, 0.6) is 5.75 Å². The molecule has 18 heavy (non-hydrogen) atoms. The summed E-state index contributed by atoms with van der Waals surface area (Å²) in [7, 11) is 3.51. The average Bonchev–Trinajstić information content (AvgIpc) is 2.46. The van der Waals surface area contributed by atoms with Crippen LogP contribution in [-0.2, 0) is 0 Å². The fourth-order valence-corrected chi connectivity index (χ4v) is 1.85. The third-order valence-corrected chi connectivity index (χ3v) is 2.79. The first-order valence-corrected chi connectivity index (χ1v) is 5.65. The molecule has 2 rings (SSSR count). The first-order chi connectivity index (χ1) is 8.78. The van der Waals surface area contributed by atoms with E-state index in [1.54, 1.807) is 13.2 Å². The molecule has 0 aromatic heterocycles. The summed E-state index contributed by atoms with van der Waals surface area (Å²) in [4.78, 5) is 0. The summed E-state index contributed by atoms with van der Waals surface area (Å²) in [5.41, 5.74) is 3.60. The van der Waals surface area contributed by atoms with Crippen LogP contribution in [0.4, 0.5) is 5.69 Å². The topological polar surface area (TPSA) is 45.0 Å². The van der Waals surface area contributed by atoms with Crippen LogP contribution in [0.25, 0.3) is 11.1 Å². The highest BCUT2D eigenvalue weighted by atomic mass is 16.5. The number of nitrogens with zero attached hydrogens (tertiary/aromatic N) is 1. The molecule has 0 spiro atoms. The minimum Gasteiger partial charge on any atom is -0.496 e. The maximum absolute atomic E-state index is 8.97. The quantitative estimate of drug-likeness (QED) is 0.892. The molecule has 0 saturated carbocycles. The van der Waals surface area contributed by atoms with Gasteiger partial charge in [-0.3, -0.25) is 0 Å². The molecule has 0 amide bonds. The predicted molar refractivity (Wildman–Crippen MR) is 72.7 cm³/mol. The van der Waals surface area contributed by atoms with Gasteiger partial charge in [-0.2, -0.15) is 5.26 Å². The van der Waals surface area contributed by atoms with Crippen LogP contribution in [0.3, 0.4) is 0 Å². The molecule has 0 bridgehead atoms. The Kier molecular flexibility index (Phi) is 3.49. The van der Waals surface area contributed by atoms with Gasteiger partial charge in [0.2, 0.25) is 0 Å². The number of hydrogen-bond donors (Lipinski definition) is 1. The molecule has 2 aromatic rings. The largest absolute Gasteiger partial charge is 0.496 e. The van der Waals surface area contributed by atoms with Gasteiger partial charge in [0.25, 0.3) is 0 Å². The van der Waals surface area contributed by atoms with E-state index in [2.05, 4.69) is 11.4 Å². The zero-order valence-corrected chi connectivity index (χ0v) is 10.4. The van der Waals surface area contributed by atoms with E-state index in [4.69, 9.17) is 10.00 Å². The fraction of sp³-hybridized carbons (Fsp3) is 0.133. The molecule has 0 heterocycles. The Morgan fingerprint density at radius 2 is 2.00 bits per heavy atom. The highest BCUT2D eigenvalue weighted by Crippen LogP contribution is 2.32. The van der Waals surface area contributed by atoms with Crippen molar-refractivity contribution in [2.75, 3.05) is 19.5 Å². The molecule has 0 aliphatic carbocycles. The molecule has 0 radical (unpaired) electrons. The monoisotopic (exact) mass is 238 g/mol. The Morgan fingerprint density at radius 3 is 2.67 bits per heavy atom. The van der Waals surface area contributed by atoms with Crippen LogP contribution in [0.1, 0.15) is 5.56 Å². The van der Waals surface area contributed by atoms with Gasteiger partial charge in [0.1, 0.15) is 5.75 Å². The summed E-state index contributed by atoms with van der Waals surface area (Å²) < 4.78 is 5.34. The van der Waals surface area contributed by atoms with Gasteiger partial charge < -0.3 is 10.1 Å². The van der Waals surface area contributed by atoms with Crippen LogP contribution < -0.4 is 10.1 Å². The Balaban J connectivity index is 2.57. The second-order valence-corrected chi connectivity index (χ2v) is 3.86. The normalized spacial score (nSPS) is 9.61. The average molecular weight is 238 g/mol. The lowest BCUT2D eigenvalue weighted by Gasteiger charge is -2.10. The molecule has 0 unspecified atom stereocenters. The molecule has 0 saturated heterocycles. The number of hydrogen-bond acceptors (Lipinski definition) is 3. The lowest BCUT2D eigenvalue weighted by atomic mass is 10.0. The number of nitrogens with one attached hydrogen (secondary N) is 1. The zero-order chi connectivity index (χ0) is 13.0. The van der Waals surface area contributed by atoms with Crippen molar-refractivity contribution in [3.63, 3.8) is 0 Å². The lowest BCUT2D eigenvalue weighted by Crippen LogP contribution is -1.91. The molecular weight excluding hydrogens is 224 g/mol. The van der Waals surface area contributed by atoms with Crippen molar-refractivity contribution in [1.82, 2.24) is 0 Å². The van der Waals surface area contributed by atoms with E-state index in [9.17, 15) is 0 Å². The highest BCUT2D eigenvalue weighted by molar-refractivity contribution is 5.74. The van der Waals surface area contributed by atoms with Gasteiger partial charge in [-0.05, 0) is 35.9 Å². The minimum atomic E-state index is 0.626. The number of ether oxygens (including phenoxy) is 1. The summed E-state index contributed by atoms with van der Waals surface area (Å²) in [6.45, 7) is 0. The van der Waals surface area contributed by atoms with E-state index >= 15 is 0 Å². The molecule has 3 heteroatoms. The summed E-state index contributed by atoms with van der Waals surface area (Å²) in [5.74, 6) is 0.766. The maximum Gasteiger partial charge on any atom is 0.126 e. The summed E-state index contributed by atoms with van der Waals surface area (Å²) >= 11 is 0. The summed E-state index contributed by atoms with van der Waals surface area (Å²) in [6, 6.07) is 15.5. The lowest BCUT2D eigenvalue weighted by molar-refractivity contribution is 0.416. The molecule has 2 aromatic carbocycles. The van der Waals surface area contributed by atoms with Crippen LogP contribution in [0.2, 0.25) is 0 Å². The van der Waals surface area contributed by atoms with Gasteiger partial charge in [0, 0.05) is 18.3 Å². The number of rotatable bonds is 3. The molecule has 0 fully saturated rings. The van der Waals surface area contributed by atoms with Gasteiger partial charge >= 0.3 is 0 Å². The third kappa shape index (κ3) is 2.28. The molecule has 90 valence electrons. The van der Waals surface area contributed by atoms with Crippen molar-refractivity contribution >= 4 is 5.69 Å². The Morgan fingerprint density at radius 1 is 1.17 bits per heavy atom. The molecule has 0 aliphatic heterocycles. The van der Waals surface area contributed by atoms with E-state index in [0.29, 0.717) is 5.56 Å². The Hall–Kier alpha value is -2.47. The Labute approximate surface area is 107 Å². The SMILES string of the molecule is CNc1cccc(-c2cc(C#N)ccc2OC)c1. The molecular formula is C15H14N2O. The van der Waals surface area contributed by atoms with Crippen molar-refractivity contribution in [1.29, 1.82) is 5.26 Å². The maximum atomic E-state index is 8.97. The third-order valence-electron chi connectivity index (χ3n) is 2.79. The van der Waals surface area contributed by atoms with Crippen LogP contribution in [0.15, 0.2) is 42.5 Å². The standard InChI is InChI=1S/C15H14N2O/c1-17-13-5-3-4-12(9-13)14-8-11(10-16)6-7-15(14)18-2/h3-9,17H,1-2H3. The molecule has 3 nitrogen and oxygen atoms in total. The smallest absolute Gasteiger partial charge is 0.126 e. The van der Waals surface area contributed by atoms with Crippen LogP contribution in [0, 0.1) is 11.3 Å². The van der Waals surface area contributed by atoms with Crippen molar-refractivity contribution < 1.29 is 4.74 Å². The highest BCUT2D eigenvalue weighted by Gasteiger charge is 2.07. The van der Waals surface area contributed by atoms with Crippen molar-refractivity contribution in [3.8, 4) is 22.9 Å².